The Morgan fingerprint density at radius 3 is 2.64 bits per heavy atom. The molecule has 1 amide bonds. The van der Waals surface area contributed by atoms with Crippen molar-refractivity contribution in [2.75, 3.05) is 14.2 Å². The van der Waals surface area contributed by atoms with Crippen LogP contribution in [-0.4, -0.2) is 20.1 Å². The van der Waals surface area contributed by atoms with Crippen LogP contribution in [0.25, 0.3) is 6.08 Å². The molecule has 0 saturated heterocycles. The Balaban J connectivity index is 2.20. The summed E-state index contributed by atoms with van der Waals surface area (Å²) in [5.74, 6) is 0.501. The van der Waals surface area contributed by atoms with Crippen molar-refractivity contribution in [3.63, 3.8) is 0 Å². The number of carbonyl (C=O) groups excluding carboxylic acids is 1. The average Bonchev–Trinajstić information content (AvgIpc) is 2.63. The SMILES string of the molecule is COc1cccc(/C=C(\C#N)C(=O)NCc2cccc(Cl)c2)c1OC. The maximum Gasteiger partial charge on any atom is 0.262 e. The summed E-state index contributed by atoms with van der Waals surface area (Å²) in [6, 6.07) is 14.3. The Morgan fingerprint density at radius 1 is 1.24 bits per heavy atom. The molecule has 0 fully saturated rings. The molecule has 0 saturated carbocycles. The van der Waals surface area contributed by atoms with Crippen LogP contribution in [0.15, 0.2) is 48.0 Å². The van der Waals surface area contributed by atoms with Crippen LogP contribution in [0.2, 0.25) is 5.02 Å². The fourth-order valence-corrected chi connectivity index (χ4v) is 2.47. The quantitative estimate of drug-likeness (QED) is 0.634. The van der Waals surface area contributed by atoms with Crippen LogP contribution in [-0.2, 0) is 11.3 Å². The number of hydrogen-bond acceptors (Lipinski definition) is 4. The zero-order valence-corrected chi connectivity index (χ0v) is 14.6. The summed E-state index contributed by atoms with van der Waals surface area (Å²) in [6.07, 6.45) is 1.47. The molecular weight excluding hydrogens is 340 g/mol. The van der Waals surface area contributed by atoms with Crippen molar-refractivity contribution < 1.29 is 14.3 Å². The van der Waals surface area contributed by atoms with Gasteiger partial charge in [-0.05, 0) is 29.8 Å². The van der Waals surface area contributed by atoms with E-state index in [4.69, 9.17) is 21.1 Å². The highest BCUT2D eigenvalue weighted by molar-refractivity contribution is 6.30. The largest absolute Gasteiger partial charge is 0.493 e. The lowest BCUT2D eigenvalue weighted by Crippen LogP contribution is -2.23. The number of rotatable bonds is 6. The Kier molecular flexibility index (Phi) is 6.44. The van der Waals surface area contributed by atoms with Crippen molar-refractivity contribution in [1.29, 1.82) is 5.26 Å². The maximum absolute atomic E-state index is 12.3. The van der Waals surface area contributed by atoms with E-state index in [0.717, 1.165) is 5.56 Å². The number of amides is 1. The van der Waals surface area contributed by atoms with Gasteiger partial charge in [0, 0.05) is 17.1 Å². The third-order valence-electron chi connectivity index (χ3n) is 3.44. The molecule has 0 unspecified atom stereocenters. The van der Waals surface area contributed by atoms with Crippen molar-refractivity contribution in [2.24, 2.45) is 0 Å². The number of benzene rings is 2. The lowest BCUT2D eigenvalue weighted by molar-refractivity contribution is -0.117. The van der Waals surface area contributed by atoms with Gasteiger partial charge in [0.25, 0.3) is 5.91 Å². The van der Waals surface area contributed by atoms with Gasteiger partial charge in [0.2, 0.25) is 0 Å². The van der Waals surface area contributed by atoms with Crippen LogP contribution in [0.4, 0.5) is 0 Å². The lowest BCUT2D eigenvalue weighted by atomic mass is 10.1. The Morgan fingerprint density at radius 2 is 2.00 bits per heavy atom. The first kappa shape index (κ1) is 18.4. The van der Waals surface area contributed by atoms with Crippen LogP contribution in [0, 0.1) is 11.3 Å². The summed E-state index contributed by atoms with van der Waals surface area (Å²) < 4.78 is 10.5. The van der Waals surface area contributed by atoms with Gasteiger partial charge in [-0.2, -0.15) is 5.26 Å². The van der Waals surface area contributed by atoms with Crippen LogP contribution >= 0.6 is 11.6 Å². The molecule has 25 heavy (non-hydrogen) atoms. The van der Waals surface area contributed by atoms with E-state index in [2.05, 4.69) is 5.32 Å². The van der Waals surface area contributed by atoms with E-state index < -0.39 is 5.91 Å². The van der Waals surface area contributed by atoms with Crippen molar-refractivity contribution in [2.45, 2.75) is 6.54 Å². The van der Waals surface area contributed by atoms with Crippen molar-refractivity contribution in [3.8, 4) is 17.6 Å². The molecule has 128 valence electrons. The smallest absolute Gasteiger partial charge is 0.262 e. The van der Waals surface area contributed by atoms with E-state index in [1.807, 2.05) is 12.1 Å². The predicted octanol–water partition coefficient (Wildman–Crippen LogP) is 3.58. The molecule has 0 bridgehead atoms. The standard InChI is InChI=1S/C19H17ClN2O3/c1-24-17-8-4-6-14(18(17)25-2)10-15(11-21)19(23)22-12-13-5-3-7-16(20)9-13/h3-10H,12H2,1-2H3,(H,22,23)/b15-10+. The zero-order valence-electron chi connectivity index (χ0n) is 13.9. The second-order valence-electron chi connectivity index (χ2n) is 5.07. The summed E-state index contributed by atoms with van der Waals surface area (Å²) in [4.78, 5) is 12.3. The number of halogens is 1. The fourth-order valence-electron chi connectivity index (χ4n) is 2.25. The second-order valence-corrected chi connectivity index (χ2v) is 5.50. The molecule has 0 aromatic heterocycles. The molecule has 2 aromatic rings. The van der Waals surface area contributed by atoms with E-state index in [-0.39, 0.29) is 12.1 Å². The molecule has 0 atom stereocenters. The molecule has 0 aliphatic carbocycles. The number of nitriles is 1. The summed E-state index contributed by atoms with van der Waals surface area (Å²) in [7, 11) is 3.02. The van der Waals surface area contributed by atoms with Gasteiger partial charge in [0.05, 0.1) is 14.2 Å². The summed E-state index contributed by atoms with van der Waals surface area (Å²) >= 11 is 5.92. The van der Waals surface area contributed by atoms with Gasteiger partial charge in [-0.15, -0.1) is 0 Å². The molecule has 2 rings (SSSR count). The highest BCUT2D eigenvalue weighted by Crippen LogP contribution is 2.32. The van der Waals surface area contributed by atoms with E-state index in [0.29, 0.717) is 22.1 Å². The van der Waals surface area contributed by atoms with E-state index >= 15 is 0 Å². The molecule has 0 heterocycles. The second kappa shape index (κ2) is 8.76. The van der Waals surface area contributed by atoms with Crippen LogP contribution in [0.3, 0.4) is 0 Å². The van der Waals surface area contributed by atoms with E-state index in [9.17, 15) is 10.1 Å². The maximum atomic E-state index is 12.3. The third kappa shape index (κ3) is 4.75. The fraction of sp³-hybridized carbons (Fsp3) is 0.158. The van der Waals surface area contributed by atoms with Gasteiger partial charge in [0.15, 0.2) is 11.5 Å². The number of hydrogen-bond donors (Lipinski definition) is 1. The first-order chi connectivity index (χ1) is 12.1. The highest BCUT2D eigenvalue weighted by atomic mass is 35.5. The van der Waals surface area contributed by atoms with Gasteiger partial charge >= 0.3 is 0 Å². The number of methoxy groups -OCH3 is 2. The Bertz CT molecular complexity index is 841. The van der Waals surface area contributed by atoms with Gasteiger partial charge < -0.3 is 14.8 Å². The Hall–Kier alpha value is -2.97. The molecule has 1 N–H and O–H groups in total. The topological polar surface area (TPSA) is 71.3 Å². The Labute approximate surface area is 151 Å². The molecule has 0 aliphatic rings. The molecule has 2 aromatic carbocycles. The minimum atomic E-state index is -0.479. The predicted molar refractivity (Wildman–Crippen MR) is 96.4 cm³/mol. The summed E-state index contributed by atoms with van der Waals surface area (Å²) in [5.41, 5.74) is 1.39. The molecule has 5 nitrogen and oxygen atoms in total. The first-order valence-electron chi connectivity index (χ1n) is 7.44. The number of ether oxygens (including phenoxy) is 2. The van der Waals surface area contributed by atoms with E-state index in [1.54, 1.807) is 36.4 Å². The van der Waals surface area contributed by atoms with Crippen molar-refractivity contribution >= 4 is 23.6 Å². The van der Waals surface area contributed by atoms with Crippen molar-refractivity contribution in [3.05, 3.63) is 64.2 Å². The van der Waals surface area contributed by atoms with Crippen LogP contribution in [0.1, 0.15) is 11.1 Å². The van der Waals surface area contributed by atoms with Crippen molar-refractivity contribution in [1.82, 2.24) is 5.32 Å². The first-order valence-corrected chi connectivity index (χ1v) is 7.82. The zero-order chi connectivity index (χ0) is 18.2. The lowest BCUT2D eigenvalue weighted by Gasteiger charge is -2.10. The minimum absolute atomic E-state index is 0.0337. The highest BCUT2D eigenvalue weighted by Gasteiger charge is 2.13. The molecular formula is C19H17ClN2O3. The number of nitrogens with one attached hydrogen (secondary N) is 1. The van der Waals surface area contributed by atoms with Crippen LogP contribution in [0.5, 0.6) is 11.5 Å². The molecule has 0 radical (unpaired) electrons. The van der Waals surface area contributed by atoms with Gasteiger partial charge in [0.1, 0.15) is 11.6 Å². The van der Waals surface area contributed by atoms with Crippen LogP contribution < -0.4 is 14.8 Å². The number of carbonyl (C=O) groups is 1. The average molecular weight is 357 g/mol. The number of para-hydroxylation sites is 1. The van der Waals surface area contributed by atoms with E-state index in [1.165, 1.54) is 20.3 Å². The summed E-state index contributed by atoms with van der Waals surface area (Å²) in [5, 5.41) is 12.6. The van der Waals surface area contributed by atoms with Gasteiger partial charge in [-0.25, -0.2) is 0 Å². The molecule has 0 aliphatic heterocycles. The minimum Gasteiger partial charge on any atom is -0.493 e. The monoisotopic (exact) mass is 356 g/mol. The van der Waals surface area contributed by atoms with Gasteiger partial charge in [-0.3, -0.25) is 4.79 Å². The normalized spacial score (nSPS) is 10.7. The number of nitrogens with zero attached hydrogens (tertiary/aromatic N) is 1. The summed E-state index contributed by atoms with van der Waals surface area (Å²) in [6.45, 7) is 0.271. The third-order valence-corrected chi connectivity index (χ3v) is 3.68. The molecule has 6 heteroatoms. The van der Waals surface area contributed by atoms with Gasteiger partial charge in [-0.1, -0.05) is 35.9 Å². The molecule has 0 spiro atoms.